The third kappa shape index (κ3) is 12.4. The first kappa shape index (κ1) is 43.1. The number of rotatable bonds is 18. The third-order valence-corrected chi connectivity index (χ3v) is 42.4. The van der Waals surface area contributed by atoms with Crippen LogP contribution >= 0.6 is 0 Å². The Hall–Kier alpha value is 0.141. The second-order valence-electron chi connectivity index (χ2n) is 15.5. The maximum absolute atomic E-state index is 14.8. The number of hydrogen-bond acceptors (Lipinski definition) is 1. The van der Waals surface area contributed by atoms with E-state index in [0.29, 0.717) is 6.04 Å². The predicted molar refractivity (Wildman–Crippen MR) is 179 cm³/mol. The van der Waals surface area contributed by atoms with Crippen LogP contribution in [-0.2, 0) is 4.79 Å². The van der Waals surface area contributed by atoms with Crippen molar-refractivity contribution in [3.8, 4) is 0 Å². The molecular formula is C26H56F9NOSi6. The molecule has 17 heteroatoms. The van der Waals surface area contributed by atoms with E-state index < -0.39 is 93.6 Å². The zero-order valence-corrected chi connectivity index (χ0v) is 34.5. The predicted octanol–water partition coefficient (Wildman–Crippen LogP) is 9.18. The Morgan fingerprint density at radius 2 is 1.05 bits per heavy atom. The molecule has 0 aromatic heterocycles. The molecule has 0 N–H and O–H groups in total. The fourth-order valence-electron chi connectivity index (χ4n) is 7.35. The monoisotopic (exact) mass is 737 g/mol. The van der Waals surface area contributed by atoms with Crippen LogP contribution in [0, 0.1) is 0 Å². The largest absolute Gasteiger partial charge is 0.457 e. The summed E-state index contributed by atoms with van der Waals surface area (Å²) in [6.07, 6.45) is -13.5. The van der Waals surface area contributed by atoms with Gasteiger partial charge in [-0.3, -0.25) is 4.79 Å². The fraction of sp³-hybridized carbons (Fsp3) is 0.962. The Labute approximate surface area is 261 Å². The summed E-state index contributed by atoms with van der Waals surface area (Å²) in [5, 5.41) is 0. The van der Waals surface area contributed by atoms with Crippen molar-refractivity contribution in [3.05, 3.63) is 0 Å². The van der Waals surface area contributed by atoms with Crippen molar-refractivity contribution in [2.24, 2.45) is 0 Å². The highest BCUT2D eigenvalue weighted by atomic mass is 28.4. The van der Waals surface area contributed by atoms with Crippen LogP contribution < -0.4 is 0 Å². The lowest BCUT2D eigenvalue weighted by atomic mass is 9.94. The molecule has 0 fully saturated rings. The standard InChI is InChI=1S/C26H56F9NOSi6/c1-12-36(22(37)23(27,25(30,31)32)24(28,29)26(33,34)35)14-13-15-41(8,9)21-43(11,20-40(6)7)17-16-42(10,18-38(2)3)19-39(4)5/h38-40H,12-21H2,1-11H3. The molecule has 0 heterocycles. The van der Waals surface area contributed by atoms with E-state index in [2.05, 4.69) is 65.5 Å². The Balaban J connectivity index is 5.87. The van der Waals surface area contributed by atoms with E-state index in [4.69, 9.17) is 0 Å². The molecule has 1 amide bonds. The van der Waals surface area contributed by atoms with Crippen LogP contribution in [0.1, 0.15) is 13.3 Å². The van der Waals surface area contributed by atoms with Crippen LogP contribution in [0.5, 0.6) is 0 Å². The molecule has 2 unspecified atom stereocenters. The van der Waals surface area contributed by atoms with Gasteiger partial charge in [-0.2, -0.15) is 35.1 Å². The van der Waals surface area contributed by atoms with E-state index in [-0.39, 0.29) is 11.3 Å². The van der Waals surface area contributed by atoms with Gasteiger partial charge < -0.3 is 4.90 Å². The normalized spacial score (nSPS) is 17.0. The number of amides is 1. The number of carbonyl (C=O) groups is 1. The second-order valence-corrected chi connectivity index (χ2v) is 43.2. The molecule has 0 aliphatic heterocycles. The topological polar surface area (TPSA) is 20.3 Å². The van der Waals surface area contributed by atoms with Crippen molar-refractivity contribution in [3.63, 3.8) is 0 Å². The average molecular weight is 738 g/mol. The van der Waals surface area contributed by atoms with E-state index >= 15 is 0 Å². The lowest BCUT2D eigenvalue weighted by molar-refractivity contribution is -0.372. The Morgan fingerprint density at radius 3 is 1.40 bits per heavy atom. The van der Waals surface area contributed by atoms with E-state index in [1.807, 2.05) is 0 Å². The fourth-order valence-corrected chi connectivity index (χ4v) is 54.1. The minimum Gasteiger partial charge on any atom is -0.340 e. The van der Waals surface area contributed by atoms with Crippen molar-refractivity contribution in [1.82, 2.24) is 4.90 Å². The van der Waals surface area contributed by atoms with Gasteiger partial charge in [-0.25, -0.2) is 4.39 Å². The molecule has 0 aromatic carbocycles. The molecule has 0 saturated heterocycles. The van der Waals surface area contributed by atoms with Crippen LogP contribution in [0.2, 0.25) is 106 Å². The highest BCUT2D eigenvalue weighted by Crippen LogP contribution is 2.53. The van der Waals surface area contributed by atoms with Gasteiger partial charge in [0, 0.05) is 63.7 Å². The van der Waals surface area contributed by atoms with Gasteiger partial charge in [-0.05, 0) is 13.3 Å². The van der Waals surface area contributed by atoms with Gasteiger partial charge in [-0.15, -0.1) is 0 Å². The zero-order chi connectivity index (χ0) is 34.5. The lowest BCUT2D eigenvalue weighted by Crippen LogP contribution is -2.69. The van der Waals surface area contributed by atoms with Crippen molar-refractivity contribution >= 4 is 56.5 Å². The third-order valence-electron chi connectivity index (χ3n) is 8.37. The molecule has 2 atom stereocenters. The Kier molecular flexibility index (Phi) is 15.9. The molecule has 258 valence electrons. The summed E-state index contributed by atoms with van der Waals surface area (Å²) in [5.41, 5.74) is -1.12. The molecule has 2 nitrogen and oxygen atoms in total. The first-order valence-corrected chi connectivity index (χ1v) is 34.5. The van der Waals surface area contributed by atoms with Gasteiger partial charge in [0.2, 0.25) is 0 Å². The van der Waals surface area contributed by atoms with Gasteiger partial charge in [0.05, 0.1) is 0 Å². The number of alkyl halides is 9. The van der Waals surface area contributed by atoms with Gasteiger partial charge in [0.1, 0.15) is 0 Å². The van der Waals surface area contributed by atoms with Crippen molar-refractivity contribution in [2.45, 2.75) is 144 Å². The number of hydrogen-bond donors (Lipinski definition) is 0. The number of nitrogens with zero attached hydrogens (tertiary/aromatic N) is 1. The molecule has 0 aromatic rings. The highest BCUT2D eigenvalue weighted by molar-refractivity contribution is 7.01. The summed E-state index contributed by atoms with van der Waals surface area (Å²) < 4.78 is 121. The highest BCUT2D eigenvalue weighted by Gasteiger charge is 2.85. The summed E-state index contributed by atoms with van der Waals surface area (Å²) in [5.74, 6) is -9.82. The van der Waals surface area contributed by atoms with Gasteiger partial charge in [0.15, 0.2) is 0 Å². The average Bonchev–Trinajstić information content (AvgIpc) is 2.76. The summed E-state index contributed by atoms with van der Waals surface area (Å²) in [6.45, 7) is 23.8. The molecule has 0 aliphatic rings. The van der Waals surface area contributed by atoms with Crippen LogP contribution in [0.25, 0.3) is 0 Å². The molecule has 0 saturated carbocycles. The zero-order valence-electron chi connectivity index (χ0n) is 28.1. The SMILES string of the molecule is CCN(CCC[Si](C)(C)C[Si](C)(CC[Si](C)(C[SiH](C)C)C[SiH](C)C)C[SiH](C)C)C(=O)C(F)(C(F)(F)F)C(F)(F)C(F)(F)F. The first-order valence-electron chi connectivity index (χ1n) is 15.5. The van der Waals surface area contributed by atoms with E-state index in [1.54, 1.807) is 0 Å². The van der Waals surface area contributed by atoms with Gasteiger partial charge >= 0.3 is 23.9 Å². The van der Waals surface area contributed by atoms with Gasteiger partial charge in [0.25, 0.3) is 5.91 Å². The molecule has 0 aliphatic carbocycles. The van der Waals surface area contributed by atoms with Crippen LogP contribution in [0.4, 0.5) is 39.5 Å². The molecule has 0 radical (unpaired) electrons. The minimum absolute atomic E-state index is 0.123. The van der Waals surface area contributed by atoms with E-state index in [0.717, 1.165) is 12.6 Å². The maximum atomic E-state index is 14.8. The smallest absolute Gasteiger partial charge is 0.340 e. The molecule has 0 spiro atoms. The lowest BCUT2D eigenvalue weighted by Gasteiger charge is -2.40. The first-order chi connectivity index (χ1) is 19.0. The Morgan fingerprint density at radius 1 is 0.651 bits per heavy atom. The summed E-state index contributed by atoms with van der Waals surface area (Å²) in [7, 11) is -7.37. The van der Waals surface area contributed by atoms with Crippen molar-refractivity contribution in [1.29, 1.82) is 0 Å². The van der Waals surface area contributed by atoms with Crippen molar-refractivity contribution in [2.75, 3.05) is 13.1 Å². The number of carbonyl (C=O) groups excluding carboxylic acids is 1. The van der Waals surface area contributed by atoms with Crippen molar-refractivity contribution < 1.29 is 44.3 Å². The molecule has 0 bridgehead atoms. The van der Waals surface area contributed by atoms with E-state index in [9.17, 15) is 44.3 Å². The molecular weight excluding hydrogens is 682 g/mol. The van der Waals surface area contributed by atoms with Crippen LogP contribution in [0.15, 0.2) is 0 Å². The molecule has 0 rings (SSSR count). The molecule has 43 heavy (non-hydrogen) atoms. The minimum atomic E-state index is -6.93. The maximum Gasteiger partial charge on any atom is 0.457 e. The second kappa shape index (κ2) is 15.8. The summed E-state index contributed by atoms with van der Waals surface area (Å²) in [4.78, 5) is 12.6. The van der Waals surface area contributed by atoms with Crippen LogP contribution in [0.3, 0.4) is 0 Å². The van der Waals surface area contributed by atoms with E-state index in [1.165, 1.54) is 29.1 Å². The Bertz CT molecular complexity index is 876. The summed E-state index contributed by atoms with van der Waals surface area (Å²) >= 11 is 0. The van der Waals surface area contributed by atoms with Crippen LogP contribution in [-0.4, -0.2) is 98.5 Å². The van der Waals surface area contributed by atoms with Gasteiger partial charge in [-0.1, -0.05) is 106 Å². The summed E-state index contributed by atoms with van der Waals surface area (Å²) in [6, 6.07) is 3.16. The number of halogens is 9. The quantitative estimate of drug-likeness (QED) is 0.102.